The quantitative estimate of drug-likeness (QED) is 0.826. The van der Waals surface area contributed by atoms with E-state index in [1.165, 1.54) is 0 Å². The van der Waals surface area contributed by atoms with Crippen LogP contribution >= 0.6 is 0 Å². The van der Waals surface area contributed by atoms with Gasteiger partial charge in [0.05, 0.1) is 24.3 Å². The highest BCUT2D eigenvalue weighted by Crippen LogP contribution is 2.27. The Morgan fingerprint density at radius 1 is 1.53 bits per heavy atom. The van der Waals surface area contributed by atoms with Crippen LogP contribution in [0.15, 0.2) is 12.1 Å². The lowest BCUT2D eigenvalue weighted by Crippen LogP contribution is -2.10. The van der Waals surface area contributed by atoms with Crippen LogP contribution in [-0.2, 0) is 11.3 Å². The van der Waals surface area contributed by atoms with E-state index in [-0.39, 0.29) is 23.3 Å². The van der Waals surface area contributed by atoms with Gasteiger partial charge in [-0.2, -0.15) is 14.0 Å². The zero-order chi connectivity index (χ0) is 14.4. The van der Waals surface area contributed by atoms with Crippen LogP contribution in [0.2, 0.25) is 0 Å². The van der Waals surface area contributed by atoms with Crippen LogP contribution in [0.5, 0.6) is 5.75 Å². The number of ether oxygens (including phenoxy) is 2. The maximum Gasteiger partial charge on any atom is 0.387 e. The second-order valence-corrected chi connectivity index (χ2v) is 3.38. The number of alkyl halides is 2. The maximum absolute atomic E-state index is 12.2. The first kappa shape index (κ1) is 14.9. The number of hydrogen-bond acceptors (Lipinski definition) is 5. The number of hydrogen-bond donors (Lipinski definition) is 1. The van der Waals surface area contributed by atoms with E-state index in [2.05, 4.69) is 4.74 Å². The van der Waals surface area contributed by atoms with Gasteiger partial charge in [-0.15, -0.1) is 0 Å². The summed E-state index contributed by atoms with van der Waals surface area (Å²) in [6, 6.07) is 3.86. The number of aliphatic hydroxyl groups is 1. The van der Waals surface area contributed by atoms with Crippen molar-refractivity contribution in [2.24, 2.45) is 0 Å². The molecule has 0 saturated heterocycles. The number of carbonyl (C=O) groups is 1. The Hall–Kier alpha value is -2.20. The molecule has 0 spiro atoms. The fourth-order valence-corrected chi connectivity index (χ4v) is 1.45. The van der Waals surface area contributed by atoms with Gasteiger partial charge in [0, 0.05) is 5.56 Å². The molecule has 0 bridgehead atoms. The molecule has 0 fully saturated rings. The van der Waals surface area contributed by atoms with Crippen molar-refractivity contribution in [2.45, 2.75) is 20.1 Å². The molecule has 0 aromatic heterocycles. The summed E-state index contributed by atoms with van der Waals surface area (Å²) in [5.41, 5.74) is -0.360. The molecule has 102 valence electrons. The van der Waals surface area contributed by atoms with Crippen LogP contribution in [-0.4, -0.2) is 24.3 Å². The Bertz CT molecular complexity index is 511. The summed E-state index contributed by atoms with van der Waals surface area (Å²) < 4.78 is 33.4. The predicted molar refractivity (Wildman–Crippen MR) is 59.7 cm³/mol. The Morgan fingerprint density at radius 3 is 2.68 bits per heavy atom. The topological polar surface area (TPSA) is 79.6 Å². The first-order valence-corrected chi connectivity index (χ1v) is 5.33. The van der Waals surface area contributed by atoms with Crippen molar-refractivity contribution in [1.29, 1.82) is 5.26 Å². The number of halogens is 2. The van der Waals surface area contributed by atoms with Gasteiger partial charge in [0.25, 0.3) is 0 Å². The SMILES string of the molecule is CCOC(=O)c1cc(C#N)c(OC(F)F)c(CO)c1. The average Bonchev–Trinajstić information content (AvgIpc) is 2.38. The molecule has 1 aromatic rings. The second-order valence-electron chi connectivity index (χ2n) is 3.38. The summed E-state index contributed by atoms with van der Waals surface area (Å²) in [6.07, 6.45) is 0. The first-order valence-electron chi connectivity index (χ1n) is 5.33. The van der Waals surface area contributed by atoms with Gasteiger partial charge in [-0.1, -0.05) is 0 Å². The zero-order valence-electron chi connectivity index (χ0n) is 10.0. The number of rotatable bonds is 5. The smallest absolute Gasteiger partial charge is 0.387 e. The molecule has 7 heteroatoms. The minimum absolute atomic E-state index is 0.0101. The van der Waals surface area contributed by atoms with Crippen LogP contribution in [0.25, 0.3) is 0 Å². The van der Waals surface area contributed by atoms with Crippen LogP contribution in [0.3, 0.4) is 0 Å². The first-order chi connectivity index (χ1) is 9.03. The molecule has 0 aliphatic carbocycles. The maximum atomic E-state index is 12.2. The third kappa shape index (κ3) is 3.63. The summed E-state index contributed by atoms with van der Waals surface area (Å²) in [5.74, 6) is -1.15. The number of carbonyl (C=O) groups excluding carboxylic acids is 1. The summed E-state index contributed by atoms with van der Waals surface area (Å²) in [7, 11) is 0. The van der Waals surface area contributed by atoms with E-state index >= 15 is 0 Å². The molecule has 0 radical (unpaired) electrons. The standard InChI is InChI=1S/C12H11F2NO4/c1-2-18-11(17)7-3-8(5-15)10(19-12(13)14)9(4-7)6-16/h3-4,12,16H,2,6H2,1H3. The lowest BCUT2D eigenvalue weighted by molar-refractivity contribution is -0.0511. The Balaban J connectivity index is 3.28. The Kier molecular flexibility index (Phi) is 5.21. The summed E-state index contributed by atoms with van der Waals surface area (Å²) in [4.78, 5) is 11.5. The lowest BCUT2D eigenvalue weighted by atomic mass is 10.0. The van der Waals surface area contributed by atoms with E-state index in [0.29, 0.717) is 0 Å². The zero-order valence-corrected chi connectivity index (χ0v) is 10.0. The number of esters is 1. The van der Waals surface area contributed by atoms with Gasteiger partial charge in [0.15, 0.2) is 0 Å². The molecule has 1 rings (SSSR count). The summed E-state index contributed by atoms with van der Waals surface area (Å²) >= 11 is 0. The van der Waals surface area contributed by atoms with Gasteiger partial charge in [-0.25, -0.2) is 4.79 Å². The molecule has 0 aliphatic heterocycles. The molecule has 0 unspecified atom stereocenters. The molecule has 1 aromatic carbocycles. The van der Waals surface area contributed by atoms with Crippen LogP contribution in [0.1, 0.15) is 28.4 Å². The number of nitrogens with zero attached hydrogens (tertiary/aromatic N) is 1. The number of nitriles is 1. The second kappa shape index (κ2) is 6.66. The van der Waals surface area contributed by atoms with Crippen molar-refractivity contribution in [3.63, 3.8) is 0 Å². The molecule has 0 saturated carbocycles. The van der Waals surface area contributed by atoms with E-state index in [4.69, 9.17) is 15.1 Å². The minimum atomic E-state index is -3.13. The van der Waals surface area contributed by atoms with Crippen molar-refractivity contribution in [3.8, 4) is 11.8 Å². The molecule has 0 atom stereocenters. The van der Waals surface area contributed by atoms with Gasteiger partial charge in [-0.05, 0) is 19.1 Å². The van der Waals surface area contributed by atoms with Gasteiger partial charge in [0.2, 0.25) is 0 Å². The fraction of sp³-hybridized carbons (Fsp3) is 0.333. The lowest BCUT2D eigenvalue weighted by Gasteiger charge is -2.12. The largest absolute Gasteiger partial charge is 0.462 e. The van der Waals surface area contributed by atoms with Gasteiger partial charge in [0.1, 0.15) is 11.8 Å². The molecule has 19 heavy (non-hydrogen) atoms. The van der Waals surface area contributed by atoms with Crippen LogP contribution < -0.4 is 4.74 Å². The average molecular weight is 271 g/mol. The highest BCUT2D eigenvalue weighted by molar-refractivity contribution is 5.90. The molecular weight excluding hydrogens is 260 g/mol. The highest BCUT2D eigenvalue weighted by atomic mass is 19.3. The van der Waals surface area contributed by atoms with Crippen molar-refractivity contribution in [3.05, 3.63) is 28.8 Å². The molecule has 0 amide bonds. The number of aliphatic hydroxyl groups excluding tert-OH is 1. The minimum Gasteiger partial charge on any atom is -0.462 e. The van der Waals surface area contributed by atoms with E-state index < -0.39 is 24.9 Å². The Morgan fingerprint density at radius 2 is 2.21 bits per heavy atom. The Labute approximate surface area is 108 Å². The summed E-state index contributed by atoms with van der Waals surface area (Å²) in [6.45, 7) is -2.05. The molecule has 0 heterocycles. The predicted octanol–water partition coefficient (Wildman–Crippen LogP) is 1.83. The third-order valence-electron chi connectivity index (χ3n) is 2.17. The highest BCUT2D eigenvalue weighted by Gasteiger charge is 2.19. The van der Waals surface area contributed by atoms with E-state index in [9.17, 15) is 13.6 Å². The third-order valence-corrected chi connectivity index (χ3v) is 2.17. The van der Waals surface area contributed by atoms with Crippen LogP contribution in [0.4, 0.5) is 8.78 Å². The number of benzene rings is 1. The van der Waals surface area contributed by atoms with Crippen LogP contribution in [0, 0.1) is 11.3 Å². The van der Waals surface area contributed by atoms with Gasteiger partial charge in [-0.3, -0.25) is 0 Å². The molecule has 5 nitrogen and oxygen atoms in total. The fourth-order valence-electron chi connectivity index (χ4n) is 1.45. The van der Waals surface area contributed by atoms with E-state index in [0.717, 1.165) is 12.1 Å². The van der Waals surface area contributed by atoms with E-state index in [1.54, 1.807) is 13.0 Å². The van der Waals surface area contributed by atoms with Crippen molar-refractivity contribution in [1.82, 2.24) is 0 Å². The van der Waals surface area contributed by atoms with Gasteiger partial charge < -0.3 is 14.6 Å². The van der Waals surface area contributed by atoms with Crippen molar-refractivity contribution in [2.75, 3.05) is 6.61 Å². The molecule has 1 N–H and O–H groups in total. The normalized spacial score (nSPS) is 10.1. The monoisotopic (exact) mass is 271 g/mol. The summed E-state index contributed by atoms with van der Waals surface area (Å²) in [5, 5.41) is 18.0. The van der Waals surface area contributed by atoms with Crippen molar-refractivity contribution >= 4 is 5.97 Å². The van der Waals surface area contributed by atoms with E-state index in [1.807, 2.05) is 0 Å². The molecular formula is C12H11F2NO4. The van der Waals surface area contributed by atoms with Crippen molar-refractivity contribution < 1.29 is 28.2 Å². The van der Waals surface area contributed by atoms with Gasteiger partial charge >= 0.3 is 12.6 Å². The molecule has 0 aliphatic rings.